The molecule has 1 fully saturated rings. The Morgan fingerprint density at radius 1 is 1.19 bits per heavy atom. The average Bonchev–Trinajstić information content (AvgIpc) is 3.08. The molecule has 26 heavy (non-hydrogen) atoms. The van der Waals surface area contributed by atoms with Gasteiger partial charge in [0.2, 0.25) is 0 Å². The molecule has 0 aliphatic carbocycles. The van der Waals surface area contributed by atoms with Crippen molar-refractivity contribution in [2.75, 3.05) is 13.1 Å². The van der Waals surface area contributed by atoms with Gasteiger partial charge in [-0.2, -0.15) is 0 Å². The van der Waals surface area contributed by atoms with Crippen LogP contribution in [0.5, 0.6) is 0 Å². The summed E-state index contributed by atoms with van der Waals surface area (Å²) in [4.78, 5) is 38.0. The molecule has 1 aliphatic heterocycles. The van der Waals surface area contributed by atoms with Crippen molar-refractivity contribution in [1.29, 1.82) is 0 Å². The van der Waals surface area contributed by atoms with Crippen LogP contribution < -0.4 is 5.32 Å². The molecule has 1 N–H and O–H groups in total. The minimum absolute atomic E-state index is 0.0814. The van der Waals surface area contributed by atoms with E-state index in [2.05, 4.69) is 5.32 Å². The van der Waals surface area contributed by atoms with Gasteiger partial charge in [-0.25, -0.2) is 0 Å². The van der Waals surface area contributed by atoms with Gasteiger partial charge in [0, 0.05) is 13.1 Å². The van der Waals surface area contributed by atoms with E-state index in [1.165, 1.54) is 6.07 Å². The summed E-state index contributed by atoms with van der Waals surface area (Å²) in [6.45, 7) is 0.206. The van der Waals surface area contributed by atoms with E-state index in [9.17, 15) is 14.4 Å². The monoisotopic (exact) mass is 426 g/mol. The lowest BCUT2D eigenvalue weighted by molar-refractivity contribution is -0.122. The third-order valence-corrected chi connectivity index (χ3v) is 5.89. The predicted molar refractivity (Wildman–Crippen MR) is 106 cm³/mol. The van der Waals surface area contributed by atoms with Gasteiger partial charge in [-0.3, -0.25) is 19.3 Å². The Balaban J connectivity index is 1.59. The number of carbonyl (C=O) groups excluding carboxylic acids is 3. The van der Waals surface area contributed by atoms with Crippen LogP contribution in [0, 0.1) is 0 Å². The van der Waals surface area contributed by atoms with Crippen molar-refractivity contribution in [3.05, 3.63) is 61.1 Å². The maximum Gasteiger partial charge on any atom is 0.293 e. The van der Waals surface area contributed by atoms with Crippen molar-refractivity contribution in [1.82, 2.24) is 10.2 Å². The summed E-state index contributed by atoms with van der Waals surface area (Å²) in [5.41, 5.74) is 1.12. The lowest BCUT2D eigenvalue weighted by Crippen LogP contribution is -2.37. The second kappa shape index (κ2) is 8.26. The highest BCUT2D eigenvalue weighted by molar-refractivity contribution is 8.18. The van der Waals surface area contributed by atoms with E-state index in [0.717, 1.165) is 33.6 Å². The molecule has 5 nitrogen and oxygen atoms in total. The van der Waals surface area contributed by atoms with Crippen molar-refractivity contribution in [2.45, 2.75) is 0 Å². The number of imide groups is 1. The maximum atomic E-state index is 12.4. The first-order valence-electron chi connectivity index (χ1n) is 7.49. The zero-order valence-corrected chi connectivity index (χ0v) is 16.3. The Hall–Kier alpha value is -1.80. The number of halogens is 2. The molecule has 2 heterocycles. The van der Waals surface area contributed by atoms with Crippen molar-refractivity contribution < 1.29 is 14.4 Å². The number of nitrogens with one attached hydrogen (secondary N) is 1. The number of thioether (sulfide) groups is 1. The maximum absolute atomic E-state index is 12.4. The number of hydrogen-bond acceptors (Lipinski definition) is 5. The number of nitrogens with zero attached hydrogens (tertiary/aromatic N) is 1. The van der Waals surface area contributed by atoms with Gasteiger partial charge in [0.05, 0.1) is 14.8 Å². The molecule has 3 rings (SSSR count). The Bertz CT molecular complexity index is 897. The first-order valence-corrected chi connectivity index (χ1v) is 9.88. The molecule has 2 aromatic rings. The molecule has 0 radical (unpaired) electrons. The lowest BCUT2D eigenvalue weighted by atomic mass is 10.2. The molecule has 0 unspecified atom stereocenters. The standard InChI is InChI=1S/C17H12Cl2N2O3S2/c18-13-9-11(14(19)26-13)15(22)20-6-7-21-16(23)12(25-17(21)24)8-10-4-2-1-3-5-10/h1-5,8-9H,6-7H2,(H,20,22)/b12-8+. The molecule has 0 spiro atoms. The molecular formula is C17H12Cl2N2O3S2. The number of thiophene rings is 1. The highest BCUT2D eigenvalue weighted by atomic mass is 35.5. The first kappa shape index (κ1) is 19.0. The Labute approximate surface area is 168 Å². The molecule has 3 amide bonds. The van der Waals surface area contributed by atoms with E-state index in [4.69, 9.17) is 23.2 Å². The smallest absolute Gasteiger partial charge is 0.293 e. The fourth-order valence-electron chi connectivity index (χ4n) is 2.26. The number of carbonyl (C=O) groups is 3. The summed E-state index contributed by atoms with van der Waals surface area (Å²) in [5, 5.41) is 2.28. The summed E-state index contributed by atoms with van der Waals surface area (Å²) in [5.74, 6) is -0.764. The Morgan fingerprint density at radius 2 is 1.92 bits per heavy atom. The van der Waals surface area contributed by atoms with Crippen LogP contribution in [0.1, 0.15) is 15.9 Å². The molecule has 0 bridgehead atoms. The quantitative estimate of drug-likeness (QED) is 0.713. The normalized spacial score (nSPS) is 15.8. The minimum atomic E-state index is -0.398. The molecule has 9 heteroatoms. The van der Waals surface area contributed by atoms with Crippen LogP contribution in [-0.4, -0.2) is 35.0 Å². The molecule has 0 saturated carbocycles. The van der Waals surface area contributed by atoms with E-state index in [1.807, 2.05) is 30.3 Å². The number of amides is 3. The van der Waals surface area contributed by atoms with Crippen LogP contribution in [0.15, 0.2) is 41.3 Å². The zero-order chi connectivity index (χ0) is 18.7. The summed E-state index contributed by atoms with van der Waals surface area (Å²) in [6.07, 6.45) is 1.68. The van der Waals surface area contributed by atoms with E-state index in [0.29, 0.717) is 13.6 Å². The van der Waals surface area contributed by atoms with Gasteiger partial charge < -0.3 is 5.32 Å². The lowest BCUT2D eigenvalue weighted by Gasteiger charge is -2.12. The minimum Gasteiger partial charge on any atom is -0.350 e. The molecular weight excluding hydrogens is 415 g/mol. The van der Waals surface area contributed by atoms with Gasteiger partial charge in [0.1, 0.15) is 4.34 Å². The topological polar surface area (TPSA) is 66.5 Å². The third kappa shape index (κ3) is 4.29. The second-order valence-electron chi connectivity index (χ2n) is 5.24. The van der Waals surface area contributed by atoms with E-state index < -0.39 is 5.91 Å². The van der Waals surface area contributed by atoms with E-state index >= 15 is 0 Å². The van der Waals surface area contributed by atoms with Gasteiger partial charge in [-0.15, -0.1) is 11.3 Å². The SMILES string of the molecule is O=C(NCCN1C(=O)S/C(=C/c2ccccc2)C1=O)c1cc(Cl)sc1Cl. The largest absolute Gasteiger partial charge is 0.350 e. The van der Waals surface area contributed by atoms with Crippen LogP contribution in [0.25, 0.3) is 6.08 Å². The fraction of sp³-hybridized carbons (Fsp3) is 0.118. The van der Waals surface area contributed by atoms with Gasteiger partial charge >= 0.3 is 0 Å². The molecule has 1 aromatic heterocycles. The van der Waals surface area contributed by atoms with Crippen LogP contribution in [0.2, 0.25) is 8.67 Å². The molecule has 1 aliphatic rings. The molecule has 1 saturated heterocycles. The average molecular weight is 427 g/mol. The van der Waals surface area contributed by atoms with Crippen molar-refractivity contribution in [3.63, 3.8) is 0 Å². The van der Waals surface area contributed by atoms with Crippen LogP contribution in [0.4, 0.5) is 4.79 Å². The van der Waals surface area contributed by atoms with E-state index in [-0.39, 0.29) is 29.8 Å². The van der Waals surface area contributed by atoms with Crippen LogP contribution in [-0.2, 0) is 4.79 Å². The number of hydrogen-bond donors (Lipinski definition) is 1. The van der Waals surface area contributed by atoms with E-state index in [1.54, 1.807) is 6.08 Å². The summed E-state index contributed by atoms with van der Waals surface area (Å²) < 4.78 is 0.710. The van der Waals surface area contributed by atoms with Gasteiger partial charge in [-0.05, 0) is 29.5 Å². The summed E-state index contributed by atoms with van der Waals surface area (Å²) in [6, 6.07) is 10.8. The van der Waals surface area contributed by atoms with Crippen molar-refractivity contribution >= 4 is 69.4 Å². The molecule has 0 atom stereocenters. The van der Waals surface area contributed by atoms with Gasteiger partial charge in [-0.1, -0.05) is 53.5 Å². The highest BCUT2D eigenvalue weighted by Crippen LogP contribution is 2.32. The Kier molecular flexibility index (Phi) is 6.03. The number of rotatable bonds is 5. The van der Waals surface area contributed by atoms with Crippen LogP contribution >= 0.6 is 46.3 Å². The molecule has 134 valence electrons. The third-order valence-electron chi connectivity index (χ3n) is 3.49. The Morgan fingerprint density at radius 3 is 2.58 bits per heavy atom. The van der Waals surface area contributed by atoms with Crippen molar-refractivity contribution in [3.8, 4) is 0 Å². The van der Waals surface area contributed by atoms with Gasteiger partial charge in [0.15, 0.2) is 0 Å². The summed E-state index contributed by atoms with van der Waals surface area (Å²) in [7, 11) is 0. The predicted octanol–water partition coefficient (Wildman–Crippen LogP) is 4.52. The summed E-state index contributed by atoms with van der Waals surface area (Å²) >= 11 is 13.7. The second-order valence-corrected chi connectivity index (χ2v) is 8.52. The van der Waals surface area contributed by atoms with Gasteiger partial charge in [0.25, 0.3) is 17.1 Å². The first-order chi connectivity index (χ1) is 12.5. The highest BCUT2D eigenvalue weighted by Gasteiger charge is 2.34. The zero-order valence-electron chi connectivity index (χ0n) is 13.2. The fourth-order valence-corrected chi connectivity index (χ4v) is 4.59. The van der Waals surface area contributed by atoms with Crippen molar-refractivity contribution in [2.24, 2.45) is 0 Å². The van der Waals surface area contributed by atoms with Crippen LogP contribution in [0.3, 0.4) is 0 Å². The molecule has 1 aromatic carbocycles. The number of benzene rings is 1.